The molecule has 2 aromatic carbocycles. The summed E-state index contributed by atoms with van der Waals surface area (Å²) in [7, 11) is 0. The van der Waals surface area contributed by atoms with Crippen molar-refractivity contribution in [2.75, 3.05) is 19.7 Å². The standard InChI is InChI=1S/C24H26N2O3S/c1-24(2)14-17-6-5-8-19(22(17)29-24)28-15-21(27)26-12-10-16(11-13-26)23-25-18-7-3-4-9-20(18)30-23/h3-9,16H,10-15H2,1-2H3. The third kappa shape index (κ3) is 3.76. The highest BCUT2D eigenvalue weighted by Crippen LogP contribution is 2.41. The van der Waals surface area contributed by atoms with Gasteiger partial charge >= 0.3 is 0 Å². The monoisotopic (exact) mass is 422 g/mol. The van der Waals surface area contributed by atoms with E-state index in [0.29, 0.717) is 11.7 Å². The number of amides is 1. The summed E-state index contributed by atoms with van der Waals surface area (Å²) in [4.78, 5) is 19.4. The highest BCUT2D eigenvalue weighted by atomic mass is 32.1. The molecule has 30 heavy (non-hydrogen) atoms. The Hall–Kier alpha value is -2.60. The van der Waals surface area contributed by atoms with Crippen LogP contribution >= 0.6 is 11.3 Å². The Morgan fingerprint density at radius 2 is 2.00 bits per heavy atom. The zero-order valence-corrected chi connectivity index (χ0v) is 18.2. The number of nitrogens with zero attached hydrogens (tertiary/aromatic N) is 2. The minimum absolute atomic E-state index is 0.0348. The maximum atomic E-state index is 12.7. The molecule has 3 aromatic rings. The largest absolute Gasteiger partial charge is 0.483 e. The Morgan fingerprint density at radius 3 is 2.80 bits per heavy atom. The third-order valence-electron chi connectivity index (χ3n) is 5.91. The van der Waals surface area contributed by atoms with E-state index in [1.165, 1.54) is 9.71 Å². The summed E-state index contributed by atoms with van der Waals surface area (Å²) in [5.74, 6) is 1.91. The van der Waals surface area contributed by atoms with Gasteiger partial charge in [-0.3, -0.25) is 4.79 Å². The lowest BCUT2D eigenvalue weighted by atomic mass is 9.97. The number of benzene rings is 2. The summed E-state index contributed by atoms with van der Waals surface area (Å²) in [6, 6.07) is 14.2. The van der Waals surface area contributed by atoms with Crippen LogP contribution in [0.2, 0.25) is 0 Å². The van der Waals surface area contributed by atoms with Crippen LogP contribution in [0.1, 0.15) is 43.2 Å². The van der Waals surface area contributed by atoms with Gasteiger partial charge in [0.05, 0.1) is 15.2 Å². The fraction of sp³-hybridized carbons (Fsp3) is 0.417. The normalized spacial score (nSPS) is 18.3. The molecule has 0 aliphatic carbocycles. The zero-order valence-electron chi connectivity index (χ0n) is 17.4. The number of ether oxygens (including phenoxy) is 2. The molecule has 0 N–H and O–H groups in total. The van der Waals surface area contributed by atoms with E-state index in [9.17, 15) is 4.79 Å². The van der Waals surface area contributed by atoms with Crippen LogP contribution in [0.15, 0.2) is 42.5 Å². The molecule has 5 nitrogen and oxygen atoms in total. The number of piperidine rings is 1. The summed E-state index contributed by atoms with van der Waals surface area (Å²) >= 11 is 1.78. The molecule has 2 aliphatic heterocycles. The lowest BCUT2D eigenvalue weighted by Gasteiger charge is -2.31. The molecule has 3 heterocycles. The Kier molecular flexibility index (Phi) is 4.89. The lowest BCUT2D eigenvalue weighted by molar-refractivity contribution is -0.134. The van der Waals surface area contributed by atoms with Crippen LogP contribution in [0.25, 0.3) is 10.2 Å². The first-order valence-corrected chi connectivity index (χ1v) is 11.4. The predicted octanol–water partition coefficient (Wildman–Crippen LogP) is 4.79. The number of rotatable bonds is 4. The second-order valence-electron chi connectivity index (χ2n) is 8.75. The van der Waals surface area contributed by atoms with E-state index < -0.39 is 0 Å². The smallest absolute Gasteiger partial charge is 0.260 e. The number of hydrogen-bond donors (Lipinski definition) is 0. The molecule has 0 bridgehead atoms. The van der Waals surface area contributed by atoms with Crippen molar-refractivity contribution in [3.05, 3.63) is 53.0 Å². The fourth-order valence-electron chi connectivity index (χ4n) is 4.37. The van der Waals surface area contributed by atoms with E-state index in [4.69, 9.17) is 14.5 Å². The summed E-state index contributed by atoms with van der Waals surface area (Å²) in [5.41, 5.74) is 1.99. The maximum Gasteiger partial charge on any atom is 0.260 e. The van der Waals surface area contributed by atoms with Gasteiger partial charge in [-0.05, 0) is 44.9 Å². The fourth-order valence-corrected chi connectivity index (χ4v) is 5.51. The highest BCUT2D eigenvalue weighted by molar-refractivity contribution is 7.18. The molecule has 156 valence electrons. The number of carbonyl (C=O) groups excluding carboxylic acids is 1. The summed E-state index contributed by atoms with van der Waals surface area (Å²) in [6.45, 7) is 5.68. The van der Waals surface area contributed by atoms with E-state index in [-0.39, 0.29) is 18.1 Å². The molecule has 5 rings (SSSR count). The average Bonchev–Trinajstić information content (AvgIpc) is 3.31. The van der Waals surface area contributed by atoms with Gasteiger partial charge in [-0.1, -0.05) is 24.3 Å². The van der Waals surface area contributed by atoms with Gasteiger partial charge in [0.25, 0.3) is 5.91 Å². The molecule has 0 spiro atoms. The van der Waals surface area contributed by atoms with Crippen molar-refractivity contribution in [1.82, 2.24) is 9.88 Å². The number of thiazole rings is 1. The van der Waals surface area contributed by atoms with Crippen molar-refractivity contribution in [3.8, 4) is 11.5 Å². The van der Waals surface area contributed by atoms with Gasteiger partial charge in [0, 0.05) is 31.0 Å². The van der Waals surface area contributed by atoms with Crippen LogP contribution in [-0.2, 0) is 11.2 Å². The Bertz CT molecular complexity index is 1050. The Morgan fingerprint density at radius 1 is 1.20 bits per heavy atom. The van der Waals surface area contributed by atoms with Gasteiger partial charge < -0.3 is 14.4 Å². The minimum atomic E-state index is -0.228. The third-order valence-corrected chi connectivity index (χ3v) is 7.11. The highest BCUT2D eigenvalue weighted by Gasteiger charge is 2.33. The van der Waals surface area contributed by atoms with Crippen molar-refractivity contribution >= 4 is 27.5 Å². The maximum absolute atomic E-state index is 12.7. The predicted molar refractivity (Wildman–Crippen MR) is 119 cm³/mol. The van der Waals surface area contributed by atoms with E-state index in [1.807, 2.05) is 23.1 Å². The van der Waals surface area contributed by atoms with Crippen LogP contribution in [0.5, 0.6) is 11.5 Å². The number of likely N-dealkylation sites (tertiary alicyclic amines) is 1. The first-order valence-electron chi connectivity index (χ1n) is 10.6. The lowest BCUT2D eigenvalue weighted by Crippen LogP contribution is -2.40. The van der Waals surface area contributed by atoms with Crippen LogP contribution in [0.4, 0.5) is 0 Å². The van der Waals surface area contributed by atoms with Crippen LogP contribution in [0, 0.1) is 0 Å². The molecule has 2 aliphatic rings. The zero-order chi connectivity index (χ0) is 20.7. The van der Waals surface area contributed by atoms with Crippen molar-refractivity contribution < 1.29 is 14.3 Å². The van der Waals surface area contributed by atoms with Crippen LogP contribution < -0.4 is 9.47 Å². The summed E-state index contributed by atoms with van der Waals surface area (Å²) in [5, 5.41) is 1.19. The van der Waals surface area contributed by atoms with Gasteiger partial charge in [0.15, 0.2) is 18.1 Å². The molecular weight excluding hydrogens is 396 g/mol. The van der Waals surface area contributed by atoms with Gasteiger partial charge in [-0.15, -0.1) is 11.3 Å². The molecular formula is C24H26N2O3S. The average molecular weight is 423 g/mol. The van der Waals surface area contributed by atoms with Gasteiger partial charge in [-0.2, -0.15) is 0 Å². The number of aromatic nitrogens is 1. The molecule has 0 saturated carbocycles. The molecule has 1 aromatic heterocycles. The molecule has 6 heteroatoms. The molecule has 1 amide bonds. The molecule has 1 fully saturated rings. The SMILES string of the molecule is CC1(C)Cc2cccc(OCC(=O)N3CCC(c4nc5ccccc5s4)CC3)c2O1. The van der Waals surface area contributed by atoms with E-state index >= 15 is 0 Å². The molecule has 0 radical (unpaired) electrons. The minimum Gasteiger partial charge on any atom is -0.483 e. The van der Waals surface area contributed by atoms with Gasteiger partial charge in [-0.25, -0.2) is 4.98 Å². The number of para-hydroxylation sites is 2. The Balaban J connectivity index is 1.18. The Labute approximate surface area is 180 Å². The number of carbonyl (C=O) groups is 1. The summed E-state index contributed by atoms with van der Waals surface area (Å²) < 4.78 is 13.2. The molecule has 0 unspecified atom stereocenters. The van der Waals surface area contributed by atoms with Crippen molar-refractivity contribution in [2.45, 2.75) is 44.6 Å². The second-order valence-corrected chi connectivity index (χ2v) is 9.81. The van der Waals surface area contributed by atoms with Gasteiger partial charge in [0.1, 0.15) is 5.60 Å². The van der Waals surface area contributed by atoms with Crippen LogP contribution in [0.3, 0.4) is 0 Å². The van der Waals surface area contributed by atoms with Gasteiger partial charge in [0.2, 0.25) is 0 Å². The van der Waals surface area contributed by atoms with E-state index in [1.54, 1.807) is 11.3 Å². The number of fused-ring (bicyclic) bond motifs is 2. The first-order chi connectivity index (χ1) is 14.5. The van der Waals surface area contributed by atoms with Crippen molar-refractivity contribution in [1.29, 1.82) is 0 Å². The molecule has 0 atom stereocenters. The topological polar surface area (TPSA) is 51.7 Å². The first kappa shape index (κ1) is 19.4. The quantitative estimate of drug-likeness (QED) is 0.606. The van der Waals surface area contributed by atoms with Crippen LogP contribution in [-0.4, -0.2) is 41.1 Å². The summed E-state index contributed by atoms with van der Waals surface area (Å²) in [6.07, 6.45) is 2.75. The van der Waals surface area contributed by atoms with E-state index in [2.05, 4.69) is 38.1 Å². The number of hydrogen-bond acceptors (Lipinski definition) is 5. The van der Waals surface area contributed by atoms with E-state index in [0.717, 1.165) is 49.2 Å². The van der Waals surface area contributed by atoms with Crippen molar-refractivity contribution in [2.24, 2.45) is 0 Å². The second kappa shape index (κ2) is 7.58. The van der Waals surface area contributed by atoms with Crippen molar-refractivity contribution in [3.63, 3.8) is 0 Å². The molecule has 1 saturated heterocycles.